The second-order valence-corrected chi connectivity index (χ2v) is 7.28. The maximum absolute atomic E-state index is 12.1. The lowest BCUT2D eigenvalue weighted by Crippen LogP contribution is -2.46. The molecule has 0 aliphatic carbocycles. The van der Waals surface area contributed by atoms with Gasteiger partial charge in [-0.3, -0.25) is 10.1 Å². The monoisotopic (exact) mass is 260 g/mol. The number of fused-ring (bicyclic) bond motifs is 1. The molecule has 1 amide bonds. The molecule has 3 nitrogen and oxygen atoms in total. The molecule has 0 saturated heterocycles. The molecule has 0 saturated carbocycles. The number of hydrogen-bond acceptors (Lipinski definition) is 2. The predicted molar refractivity (Wildman–Crippen MR) is 79.1 cm³/mol. The zero-order chi connectivity index (χ0) is 14.3. The fourth-order valence-electron chi connectivity index (χ4n) is 3.12. The van der Waals surface area contributed by atoms with Crippen LogP contribution in [0.25, 0.3) is 0 Å². The van der Waals surface area contributed by atoms with Crippen LogP contribution in [0.4, 0.5) is 5.69 Å². The van der Waals surface area contributed by atoms with Crippen LogP contribution in [0.3, 0.4) is 0 Å². The normalized spacial score (nSPS) is 19.2. The van der Waals surface area contributed by atoms with Crippen molar-refractivity contribution in [3.05, 3.63) is 29.8 Å². The Morgan fingerprint density at radius 2 is 1.79 bits per heavy atom. The highest BCUT2D eigenvalue weighted by atomic mass is 16.2. The standard InChI is InChI=1S/C16H24N2O/c1-15(2,3)10-16(4,5)18-13-11-8-6-7-9-12(11)17-14(13)19/h6-9,13,18H,10H2,1-5H3,(H,17,19). The van der Waals surface area contributed by atoms with E-state index in [4.69, 9.17) is 0 Å². The van der Waals surface area contributed by atoms with E-state index >= 15 is 0 Å². The van der Waals surface area contributed by atoms with Gasteiger partial charge in [-0.25, -0.2) is 0 Å². The van der Waals surface area contributed by atoms with Crippen molar-refractivity contribution in [1.82, 2.24) is 5.32 Å². The van der Waals surface area contributed by atoms with Crippen LogP contribution in [0.15, 0.2) is 24.3 Å². The van der Waals surface area contributed by atoms with E-state index < -0.39 is 0 Å². The summed E-state index contributed by atoms with van der Waals surface area (Å²) in [4.78, 5) is 12.1. The van der Waals surface area contributed by atoms with Crippen molar-refractivity contribution in [1.29, 1.82) is 0 Å². The molecule has 19 heavy (non-hydrogen) atoms. The largest absolute Gasteiger partial charge is 0.324 e. The molecular weight excluding hydrogens is 236 g/mol. The van der Waals surface area contributed by atoms with Crippen LogP contribution in [0.5, 0.6) is 0 Å². The Morgan fingerprint density at radius 3 is 2.42 bits per heavy atom. The van der Waals surface area contributed by atoms with Crippen molar-refractivity contribution < 1.29 is 4.79 Å². The lowest BCUT2D eigenvalue weighted by atomic mass is 9.81. The van der Waals surface area contributed by atoms with Gasteiger partial charge in [-0.2, -0.15) is 0 Å². The summed E-state index contributed by atoms with van der Waals surface area (Å²) in [5.74, 6) is 0.0446. The van der Waals surface area contributed by atoms with Crippen molar-refractivity contribution in [2.75, 3.05) is 5.32 Å². The van der Waals surface area contributed by atoms with Gasteiger partial charge < -0.3 is 5.32 Å². The summed E-state index contributed by atoms with van der Waals surface area (Å²) in [6, 6.07) is 7.64. The highest BCUT2D eigenvalue weighted by Gasteiger charge is 2.35. The number of anilines is 1. The molecule has 1 atom stereocenters. The quantitative estimate of drug-likeness (QED) is 0.873. The van der Waals surface area contributed by atoms with Gasteiger partial charge in [0.1, 0.15) is 6.04 Å². The lowest BCUT2D eigenvalue weighted by Gasteiger charge is -2.35. The summed E-state index contributed by atoms with van der Waals surface area (Å²) in [5, 5.41) is 6.44. The van der Waals surface area contributed by atoms with Crippen LogP contribution in [0, 0.1) is 5.41 Å². The fourth-order valence-corrected chi connectivity index (χ4v) is 3.12. The first-order valence-corrected chi connectivity index (χ1v) is 6.85. The predicted octanol–water partition coefficient (Wildman–Crippen LogP) is 3.48. The maximum atomic E-state index is 12.1. The molecule has 2 N–H and O–H groups in total. The maximum Gasteiger partial charge on any atom is 0.246 e. The van der Waals surface area contributed by atoms with Crippen molar-refractivity contribution in [3.8, 4) is 0 Å². The Kier molecular flexibility index (Phi) is 3.43. The zero-order valence-corrected chi connectivity index (χ0v) is 12.5. The Bertz CT molecular complexity index is 486. The number of nitrogens with one attached hydrogen (secondary N) is 2. The van der Waals surface area contributed by atoms with Crippen LogP contribution < -0.4 is 10.6 Å². The Labute approximate surface area is 115 Å². The average Bonchev–Trinajstić information content (AvgIpc) is 2.52. The topological polar surface area (TPSA) is 41.1 Å². The van der Waals surface area contributed by atoms with Crippen LogP contribution in [0.1, 0.15) is 52.6 Å². The number of rotatable bonds is 3. The van der Waals surface area contributed by atoms with Gasteiger partial charge in [0.15, 0.2) is 0 Å². The third-order valence-corrected chi connectivity index (χ3v) is 3.30. The van der Waals surface area contributed by atoms with E-state index in [2.05, 4.69) is 45.3 Å². The third-order valence-electron chi connectivity index (χ3n) is 3.30. The number of benzene rings is 1. The fraction of sp³-hybridized carbons (Fsp3) is 0.562. The highest BCUT2D eigenvalue weighted by Crippen LogP contribution is 2.34. The second-order valence-electron chi connectivity index (χ2n) is 7.28. The highest BCUT2D eigenvalue weighted by molar-refractivity contribution is 6.02. The molecule has 1 aromatic carbocycles. The number of amides is 1. The van der Waals surface area contributed by atoms with Crippen LogP contribution in [0.2, 0.25) is 0 Å². The summed E-state index contributed by atoms with van der Waals surface area (Å²) >= 11 is 0. The van der Waals surface area contributed by atoms with Crippen LogP contribution >= 0.6 is 0 Å². The Hall–Kier alpha value is -1.35. The van der Waals surface area contributed by atoms with E-state index in [9.17, 15) is 4.79 Å². The molecule has 1 unspecified atom stereocenters. The van der Waals surface area contributed by atoms with E-state index in [1.54, 1.807) is 0 Å². The van der Waals surface area contributed by atoms with Crippen molar-refractivity contribution >= 4 is 11.6 Å². The average molecular weight is 260 g/mol. The number of carbonyl (C=O) groups is 1. The smallest absolute Gasteiger partial charge is 0.246 e. The van der Waals surface area contributed by atoms with Gasteiger partial charge in [0.05, 0.1) is 0 Å². The van der Waals surface area contributed by atoms with Gasteiger partial charge >= 0.3 is 0 Å². The molecule has 0 fully saturated rings. The first-order chi connectivity index (χ1) is 8.68. The third kappa shape index (κ3) is 3.35. The van der Waals surface area contributed by atoms with Gasteiger partial charge in [0.2, 0.25) is 5.91 Å². The van der Waals surface area contributed by atoms with Gasteiger partial charge in [0, 0.05) is 16.8 Å². The van der Waals surface area contributed by atoms with Crippen molar-refractivity contribution in [2.45, 2.75) is 52.6 Å². The first-order valence-electron chi connectivity index (χ1n) is 6.85. The molecule has 1 heterocycles. The van der Waals surface area contributed by atoms with Gasteiger partial charge in [-0.05, 0) is 31.7 Å². The minimum absolute atomic E-state index is 0.0446. The lowest BCUT2D eigenvalue weighted by molar-refractivity contribution is -0.118. The molecule has 1 aliphatic rings. The van der Waals surface area contributed by atoms with Crippen LogP contribution in [-0.2, 0) is 4.79 Å². The summed E-state index contributed by atoms with van der Waals surface area (Å²) in [6.07, 6.45) is 1.01. The molecule has 1 aromatic rings. The Balaban J connectivity index is 2.17. The number of hydrogen-bond donors (Lipinski definition) is 2. The van der Waals surface area contributed by atoms with Gasteiger partial charge in [0.25, 0.3) is 0 Å². The van der Waals surface area contributed by atoms with Crippen molar-refractivity contribution in [3.63, 3.8) is 0 Å². The summed E-state index contributed by atoms with van der Waals surface area (Å²) in [7, 11) is 0. The van der Waals surface area contributed by atoms with E-state index in [-0.39, 0.29) is 22.9 Å². The van der Waals surface area contributed by atoms with E-state index in [1.807, 2.05) is 24.3 Å². The summed E-state index contributed by atoms with van der Waals surface area (Å²) in [6.45, 7) is 11.0. The SMILES string of the molecule is CC(C)(C)CC(C)(C)NC1C(=O)Nc2ccccc21. The number of carbonyl (C=O) groups excluding carboxylic acids is 1. The minimum atomic E-state index is -0.242. The van der Waals surface area contributed by atoms with Crippen LogP contribution in [-0.4, -0.2) is 11.4 Å². The van der Waals surface area contributed by atoms with E-state index in [0.717, 1.165) is 17.7 Å². The second kappa shape index (κ2) is 4.64. The van der Waals surface area contributed by atoms with E-state index in [0.29, 0.717) is 0 Å². The molecule has 1 aliphatic heterocycles. The zero-order valence-electron chi connectivity index (χ0n) is 12.5. The first kappa shape index (κ1) is 14.1. The summed E-state index contributed by atoms with van der Waals surface area (Å²) in [5.41, 5.74) is 2.12. The van der Waals surface area contributed by atoms with E-state index in [1.165, 1.54) is 0 Å². The Morgan fingerprint density at radius 1 is 1.16 bits per heavy atom. The number of para-hydroxylation sites is 1. The molecule has 0 bridgehead atoms. The molecule has 0 aromatic heterocycles. The molecule has 104 valence electrons. The molecule has 2 rings (SSSR count). The minimum Gasteiger partial charge on any atom is -0.324 e. The molecule has 0 spiro atoms. The molecule has 3 heteroatoms. The van der Waals surface area contributed by atoms with Gasteiger partial charge in [-0.15, -0.1) is 0 Å². The molecule has 0 radical (unpaired) electrons. The molecular formula is C16H24N2O. The van der Waals surface area contributed by atoms with Crippen molar-refractivity contribution in [2.24, 2.45) is 5.41 Å². The summed E-state index contributed by atoms with van der Waals surface area (Å²) < 4.78 is 0. The van der Waals surface area contributed by atoms with Gasteiger partial charge in [-0.1, -0.05) is 39.0 Å².